The third-order valence-corrected chi connectivity index (χ3v) is 5.71. The Labute approximate surface area is 167 Å². The maximum atomic E-state index is 13.0. The van der Waals surface area contributed by atoms with E-state index in [-0.39, 0.29) is 10.7 Å². The monoisotopic (exact) mass is 410 g/mol. The van der Waals surface area contributed by atoms with Crippen LogP contribution in [0.2, 0.25) is 5.02 Å². The number of fused-ring (bicyclic) bond motifs is 1. The molecule has 0 saturated carbocycles. The molecule has 8 heteroatoms. The van der Waals surface area contributed by atoms with Crippen LogP contribution in [-0.2, 0) is 10.0 Å². The molecule has 140 valence electrons. The molecule has 0 spiro atoms. The molecule has 0 aliphatic heterocycles. The second kappa shape index (κ2) is 7.18. The summed E-state index contributed by atoms with van der Waals surface area (Å²) in [6.45, 7) is 1.89. The average molecular weight is 411 g/mol. The van der Waals surface area contributed by atoms with E-state index in [9.17, 15) is 8.42 Å². The number of sulfonamides is 1. The first-order valence-electron chi connectivity index (χ1n) is 8.42. The van der Waals surface area contributed by atoms with Crippen LogP contribution in [0.15, 0.2) is 82.1 Å². The molecule has 3 aromatic carbocycles. The van der Waals surface area contributed by atoms with Crippen LogP contribution in [0.3, 0.4) is 0 Å². The van der Waals surface area contributed by atoms with Gasteiger partial charge in [-0.1, -0.05) is 46.6 Å². The minimum absolute atomic E-state index is 0.106. The lowest BCUT2D eigenvalue weighted by atomic mass is 10.2. The molecule has 0 aliphatic rings. The minimum Gasteiger partial charge on any atom is -0.199 e. The molecule has 28 heavy (non-hydrogen) atoms. The highest BCUT2D eigenvalue weighted by atomic mass is 35.5. The third kappa shape index (κ3) is 3.54. The van der Waals surface area contributed by atoms with E-state index < -0.39 is 10.0 Å². The van der Waals surface area contributed by atoms with E-state index in [1.807, 2.05) is 19.1 Å². The topological polar surface area (TPSA) is 77.2 Å². The fourth-order valence-electron chi connectivity index (χ4n) is 2.71. The van der Waals surface area contributed by atoms with E-state index in [1.54, 1.807) is 48.5 Å². The minimum atomic E-state index is -3.96. The number of aromatic nitrogens is 3. The predicted molar refractivity (Wildman–Crippen MR) is 109 cm³/mol. The van der Waals surface area contributed by atoms with Gasteiger partial charge in [0.15, 0.2) is 5.84 Å². The van der Waals surface area contributed by atoms with Gasteiger partial charge in [-0.25, -0.2) is 0 Å². The van der Waals surface area contributed by atoms with Crippen LogP contribution in [0.5, 0.6) is 0 Å². The lowest BCUT2D eigenvalue weighted by Crippen LogP contribution is -2.17. The van der Waals surface area contributed by atoms with Crippen molar-refractivity contribution in [2.75, 3.05) is 0 Å². The fourth-order valence-corrected chi connectivity index (χ4v) is 3.84. The fraction of sp³-hybridized carbons (Fsp3) is 0.0500. The number of hydrogen-bond donors (Lipinski definition) is 0. The number of halogens is 1. The molecule has 0 amide bonds. The Morgan fingerprint density at radius 3 is 2.36 bits per heavy atom. The Morgan fingerprint density at radius 2 is 1.64 bits per heavy atom. The van der Waals surface area contributed by atoms with Gasteiger partial charge in [0.05, 0.1) is 10.4 Å². The molecule has 0 atom stereocenters. The summed E-state index contributed by atoms with van der Waals surface area (Å²) in [6, 6.07) is 20.5. The summed E-state index contributed by atoms with van der Waals surface area (Å²) in [5.41, 5.74) is 2.80. The van der Waals surface area contributed by atoms with Crippen molar-refractivity contribution in [3.8, 4) is 0 Å². The highest BCUT2D eigenvalue weighted by molar-refractivity contribution is 7.90. The van der Waals surface area contributed by atoms with Gasteiger partial charge in [0.2, 0.25) is 0 Å². The van der Waals surface area contributed by atoms with E-state index in [0.29, 0.717) is 21.6 Å². The van der Waals surface area contributed by atoms with Crippen molar-refractivity contribution in [1.82, 2.24) is 15.0 Å². The molecular formula is C20H15ClN4O2S. The first-order chi connectivity index (χ1) is 13.4. The highest BCUT2D eigenvalue weighted by Crippen LogP contribution is 2.19. The van der Waals surface area contributed by atoms with Gasteiger partial charge < -0.3 is 0 Å². The first kappa shape index (κ1) is 18.3. The van der Waals surface area contributed by atoms with Crippen molar-refractivity contribution >= 4 is 38.5 Å². The van der Waals surface area contributed by atoms with Gasteiger partial charge in [-0.2, -0.15) is 13.1 Å². The van der Waals surface area contributed by atoms with Crippen molar-refractivity contribution in [3.63, 3.8) is 0 Å². The molecule has 0 bridgehead atoms. The van der Waals surface area contributed by atoms with Crippen molar-refractivity contribution in [3.05, 3.63) is 88.9 Å². The Balaban J connectivity index is 1.94. The van der Waals surface area contributed by atoms with Gasteiger partial charge in [-0.05, 0) is 55.5 Å². The molecule has 1 aromatic heterocycles. The number of para-hydroxylation sites is 1. The van der Waals surface area contributed by atoms with E-state index in [4.69, 9.17) is 11.6 Å². The molecule has 4 aromatic rings. The summed E-state index contributed by atoms with van der Waals surface area (Å²) in [4.78, 5) is 0.106. The lowest BCUT2D eigenvalue weighted by molar-refractivity contribution is 0.597. The van der Waals surface area contributed by atoms with Gasteiger partial charge in [-0.15, -0.1) is 9.50 Å². The first-order valence-corrected chi connectivity index (χ1v) is 10.2. The summed E-state index contributed by atoms with van der Waals surface area (Å²) < 4.78 is 31.4. The number of nitrogens with zero attached hydrogens (tertiary/aromatic N) is 4. The van der Waals surface area contributed by atoms with Crippen molar-refractivity contribution in [1.29, 1.82) is 0 Å². The molecule has 0 N–H and O–H groups in total. The van der Waals surface area contributed by atoms with Crippen molar-refractivity contribution in [2.24, 2.45) is 4.40 Å². The summed E-state index contributed by atoms with van der Waals surface area (Å²) in [5, 5.41) is 8.77. The summed E-state index contributed by atoms with van der Waals surface area (Å²) in [6.07, 6.45) is 0. The number of benzene rings is 3. The van der Waals surface area contributed by atoms with E-state index in [1.165, 1.54) is 16.8 Å². The van der Waals surface area contributed by atoms with Crippen LogP contribution in [-0.4, -0.2) is 29.2 Å². The molecule has 0 unspecified atom stereocenters. The average Bonchev–Trinajstić information content (AvgIpc) is 3.11. The molecule has 0 fully saturated rings. The Hall–Kier alpha value is -3.03. The smallest absolute Gasteiger partial charge is 0.199 e. The molecule has 1 heterocycles. The lowest BCUT2D eigenvalue weighted by Gasteiger charge is -2.08. The molecule has 4 rings (SSSR count). The zero-order chi connectivity index (χ0) is 19.7. The number of rotatable bonds is 3. The Bertz CT molecular complexity index is 1280. The van der Waals surface area contributed by atoms with E-state index >= 15 is 0 Å². The predicted octanol–water partition coefficient (Wildman–Crippen LogP) is 4.08. The Kier molecular flexibility index (Phi) is 4.70. The third-order valence-electron chi connectivity index (χ3n) is 4.18. The van der Waals surface area contributed by atoms with Crippen LogP contribution in [0.1, 0.15) is 11.1 Å². The van der Waals surface area contributed by atoms with Crippen LogP contribution in [0.25, 0.3) is 11.0 Å². The maximum Gasteiger partial charge on any atom is 0.284 e. The zero-order valence-corrected chi connectivity index (χ0v) is 16.4. The van der Waals surface area contributed by atoms with Gasteiger partial charge >= 0.3 is 0 Å². The molecule has 0 radical (unpaired) electrons. The second-order valence-corrected chi connectivity index (χ2v) is 8.24. The van der Waals surface area contributed by atoms with Gasteiger partial charge in [0.25, 0.3) is 10.0 Å². The van der Waals surface area contributed by atoms with Crippen LogP contribution in [0.4, 0.5) is 0 Å². The highest BCUT2D eigenvalue weighted by Gasteiger charge is 2.19. The maximum absolute atomic E-state index is 13.0. The molecular weight excluding hydrogens is 396 g/mol. The van der Waals surface area contributed by atoms with Crippen molar-refractivity contribution in [2.45, 2.75) is 11.8 Å². The second-order valence-electron chi connectivity index (χ2n) is 6.20. The molecule has 0 aliphatic carbocycles. The summed E-state index contributed by atoms with van der Waals surface area (Å²) >= 11 is 5.99. The van der Waals surface area contributed by atoms with E-state index in [0.717, 1.165) is 5.56 Å². The summed E-state index contributed by atoms with van der Waals surface area (Å²) in [7, 11) is -3.96. The van der Waals surface area contributed by atoms with Gasteiger partial charge in [0.1, 0.15) is 5.52 Å². The van der Waals surface area contributed by atoms with Crippen LogP contribution in [0, 0.1) is 6.92 Å². The number of aryl methyl sites for hydroxylation is 1. The summed E-state index contributed by atoms with van der Waals surface area (Å²) in [5.74, 6) is 0.144. The standard InChI is InChI=1S/C20H15ClN4O2S/c1-14-6-12-17(13-7-14)28(26,27)23-20(15-8-10-16(21)11-9-15)25-19-5-3-2-4-18(19)22-24-25/h2-13H,1H3/b23-20+. The molecule has 0 saturated heterocycles. The van der Waals surface area contributed by atoms with E-state index in [2.05, 4.69) is 14.7 Å². The number of hydrogen-bond acceptors (Lipinski definition) is 4. The van der Waals surface area contributed by atoms with Gasteiger partial charge in [0, 0.05) is 10.6 Å². The normalized spacial score (nSPS) is 12.4. The quantitative estimate of drug-likeness (QED) is 0.376. The van der Waals surface area contributed by atoms with Crippen LogP contribution >= 0.6 is 11.6 Å². The van der Waals surface area contributed by atoms with Gasteiger partial charge in [-0.3, -0.25) is 0 Å². The Morgan fingerprint density at radius 1 is 0.964 bits per heavy atom. The SMILES string of the molecule is Cc1ccc(S(=O)(=O)/N=C(\c2ccc(Cl)cc2)n2nnc3ccccc32)cc1. The largest absolute Gasteiger partial charge is 0.284 e. The van der Waals surface area contributed by atoms with Crippen LogP contribution < -0.4 is 0 Å². The zero-order valence-electron chi connectivity index (χ0n) is 14.8. The molecule has 6 nitrogen and oxygen atoms in total. The van der Waals surface area contributed by atoms with Crippen molar-refractivity contribution < 1.29 is 8.42 Å².